The summed E-state index contributed by atoms with van der Waals surface area (Å²) in [5.74, 6) is 0.388. The Bertz CT molecular complexity index is 1310. The van der Waals surface area contributed by atoms with E-state index in [-0.39, 0.29) is 23.2 Å². The summed E-state index contributed by atoms with van der Waals surface area (Å²) in [4.78, 5) is 23.9. The number of rotatable bonds is 7. The summed E-state index contributed by atoms with van der Waals surface area (Å²) >= 11 is 4.66. The lowest BCUT2D eigenvalue weighted by Gasteiger charge is -2.11. The highest BCUT2D eigenvalue weighted by Crippen LogP contribution is 2.34. The maximum Gasteiger partial charge on any atom is 0.234 e. The zero-order valence-electron chi connectivity index (χ0n) is 17.5. The van der Waals surface area contributed by atoms with E-state index in [2.05, 4.69) is 31.4 Å². The number of ketones is 1. The van der Waals surface area contributed by atoms with E-state index in [9.17, 15) is 14.7 Å². The van der Waals surface area contributed by atoms with Gasteiger partial charge in [-0.2, -0.15) is 0 Å². The summed E-state index contributed by atoms with van der Waals surface area (Å²) < 4.78 is 2.60. The van der Waals surface area contributed by atoms with Crippen LogP contribution in [-0.4, -0.2) is 37.3 Å². The van der Waals surface area contributed by atoms with Gasteiger partial charge in [-0.05, 0) is 61.5 Å². The molecule has 0 spiro atoms. The molecule has 0 unspecified atom stereocenters. The van der Waals surface area contributed by atoms with Gasteiger partial charge >= 0.3 is 0 Å². The second-order valence-electron chi connectivity index (χ2n) is 7.11. The lowest BCUT2D eigenvalue weighted by Crippen LogP contribution is -2.14. The number of carbonyl (C=O) groups is 2. The summed E-state index contributed by atoms with van der Waals surface area (Å²) in [7, 11) is 0. The molecule has 4 aromatic rings. The first-order valence-electron chi connectivity index (χ1n) is 9.96. The summed E-state index contributed by atoms with van der Waals surface area (Å²) in [6.45, 7) is 1.50. The Hall–Kier alpha value is -3.43. The van der Waals surface area contributed by atoms with Gasteiger partial charge in [0, 0.05) is 21.4 Å². The molecule has 2 N–H and O–H groups in total. The Morgan fingerprint density at radius 3 is 2.45 bits per heavy atom. The van der Waals surface area contributed by atoms with E-state index in [1.807, 2.05) is 30.3 Å². The number of phenolic OH excluding ortho intramolecular Hbond substituents is 1. The number of aromatic nitrogens is 3. The monoisotopic (exact) mass is 522 g/mol. The summed E-state index contributed by atoms with van der Waals surface area (Å²) in [6.07, 6.45) is 0. The van der Waals surface area contributed by atoms with Gasteiger partial charge in [-0.25, -0.2) is 0 Å². The molecule has 1 aromatic heterocycles. The van der Waals surface area contributed by atoms with Gasteiger partial charge in [-0.1, -0.05) is 45.9 Å². The largest absolute Gasteiger partial charge is 0.507 e. The van der Waals surface area contributed by atoms with Gasteiger partial charge < -0.3 is 10.4 Å². The van der Waals surface area contributed by atoms with Crippen molar-refractivity contribution in [1.29, 1.82) is 0 Å². The topological polar surface area (TPSA) is 97.1 Å². The number of benzene rings is 3. The van der Waals surface area contributed by atoms with Crippen LogP contribution in [0.15, 0.2) is 82.4 Å². The van der Waals surface area contributed by atoms with Crippen LogP contribution in [-0.2, 0) is 4.79 Å². The predicted octanol–water partition coefficient (Wildman–Crippen LogP) is 5.34. The number of thioether (sulfide) groups is 1. The Morgan fingerprint density at radius 2 is 1.76 bits per heavy atom. The second-order valence-corrected chi connectivity index (χ2v) is 8.97. The van der Waals surface area contributed by atoms with E-state index in [4.69, 9.17) is 0 Å². The average Bonchev–Trinajstić information content (AvgIpc) is 3.24. The Kier molecular flexibility index (Phi) is 6.90. The van der Waals surface area contributed by atoms with Gasteiger partial charge in [0.15, 0.2) is 16.8 Å². The van der Waals surface area contributed by atoms with Crippen molar-refractivity contribution < 1.29 is 14.7 Å². The first-order valence-corrected chi connectivity index (χ1v) is 11.7. The van der Waals surface area contributed by atoms with Crippen LogP contribution in [0.1, 0.15) is 17.3 Å². The molecule has 9 heteroatoms. The molecule has 0 aliphatic carbocycles. The average molecular weight is 523 g/mol. The van der Waals surface area contributed by atoms with Crippen molar-refractivity contribution in [1.82, 2.24) is 14.8 Å². The number of anilines is 1. The number of para-hydroxylation sites is 1. The standard InChI is InChI=1S/C24H19BrN4O3S/c1-15(30)16-7-10-18(11-8-16)26-22(32)14-33-24-28-27-23(20-13-17(25)9-12-21(20)31)29(24)19-5-3-2-4-6-19/h2-13,31H,14H2,1H3,(H,26,32). The molecular weight excluding hydrogens is 504 g/mol. The van der Waals surface area contributed by atoms with Crippen LogP contribution in [0.3, 0.4) is 0 Å². The van der Waals surface area contributed by atoms with Crippen LogP contribution in [0.2, 0.25) is 0 Å². The van der Waals surface area contributed by atoms with Gasteiger partial charge in [-0.15, -0.1) is 10.2 Å². The van der Waals surface area contributed by atoms with E-state index in [1.54, 1.807) is 47.0 Å². The van der Waals surface area contributed by atoms with Crippen LogP contribution in [0.5, 0.6) is 5.75 Å². The molecule has 1 heterocycles. The molecule has 0 bridgehead atoms. The minimum atomic E-state index is -0.218. The van der Waals surface area contributed by atoms with Gasteiger partial charge in [0.1, 0.15) is 5.75 Å². The molecule has 0 atom stereocenters. The molecular formula is C24H19BrN4O3S. The zero-order chi connectivity index (χ0) is 23.4. The van der Waals surface area contributed by atoms with E-state index >= 15 is 0 Å². The third-order valence-electron chi connectivity index (χ3n) is 4.75. The van der Waals surface area contributed by atoms with Crippen molar-refractivity contribution in [3.63, 3.8) is 0 Å². The molecule has 0 aliphatic rings. The van der Waals surface area contributed by atoms with Gasteiger partial charge in [0.25, 0.3) is 0 Å². The van der Waals surface area contributed by atoms with Gasteiger partial charge in [0.05, 0.1) is 11.3 Å². The van der Waals surface area contributed by atoms with Crippen LogP contribution in [0.4, 0.5) is 5.69 Å². The number of hydrogen-bond donors (Lipinski definition) is 2. The van der Waals surface area contributed by atoms with Crippen molar-refractivity contribution in [2.24, 2.45) is 0 Å². The fourth-order valence-electron chi connectivity index (χ4n) is 3.15. The molecule has 33 heavy (non-hydrogen) atoms. The summed E-state index contributed by atoms with van der Waals surface area (Å²) in [5.41, 5.74) is 2.51. The maximum atomic E-state index is 12.5. The lowest BCUT2D eigenvalue weighted by molar-refractivity contribution is -0.113. The normalized spacial score (nSPS) is 10.7. The number of phenols is 1. The highest BCUT2D eigenvalue weighted by atomic mass is 79.9. The highest BCUT2D eigenvalue weighted by molar-refractivity contribution is 9.10. The molecule has 4 rings (SSSR count). The molecule has 0 saturated carbocycles. The van der Waals surface area contributed by atoms with E-state index in [0.717, 1.165) is 10.2 Å². The molecule has 0 fully saturated rings. The number of nitrogens with zero attached hydrogens (tertiary/aromatic N) is 3. The van der Waals surface area contributed by atoms with E-state index in [0.29, 0.717) is 27.8 Å². The molecule has 0 saturated heterocycles. The fourth-order valence-corrected chi connectivity index (χ4v) is 4.26. The number of halogens is 1. The smallest absolute Gasteiger partial charge is 0.234 e. The first kappa shape index (κ1) is 22.8. The third-order valence-corrected chi connectivity index (χ3v) is 6.18. The third kappa shape index (κ3) is 5.32. The maximum absolute atomic E-state index is 12.5. The van der Waals surface area contributed by atoms with Crippen molar-refractivity contribution in [2.75, 3.05) is 11.1 Å². The van der Waals surface area contributed by atoms with Crippen LogP contribution >= 0.6 is 27.7 Å². The minimum Gasteiger partial charge on any atom is -0.507 e. The number of carbonyl (C=O) groups excluding carboxylic acids is 2. The number of nitrogens with one attached hydrogen (secondary N) is 1. The van der Waals surface area contributed by atoms with Gasteiger partial charge in [0.2, 0.25) is 5.91 Å². The molecule has 0 radical (unpaired) electrons. The SMILES string of the molecule is CC(=O)c1ccc(NC(=O)CSc2nnc(-c3cc(Br)ccc3O)n2-c2ccccc2)cc1. The van der Waals surface area contributed by atoms with Crippen molar-refractivity contribution in [3.05, 3.63) is 82.8 Å². The number of aromatic hydroxyl groups is 1. The first-order chi connectivity index (χ1) is 15.9. The highest BCUT2D eigenvalue weighted by Gasteiger charge is 2.19. The lowest BCUT2D eigenvalue weighted by atomic mass is 10.1. The van der Waals surface area contributed by atoms with Crippen LogP contribution in [0, 0.1) is 0 Å². The Balaban J connectivity index is 1.58. The molecule has 7 nitrogen and oxygen atoms in total. The molecule has 166 valence electrons. The van der Waals surface area contributed by atoms with Crippen LogP contribution in [0.25, 0.3) is 17.1 Å². The second kappa shape index (κ2) is 10.0. The quantitative estimate of drug-likeness (QED) is 0.251. The van der Waals surface area contributed by atoms with Gasteiger partial charge in [-0.3, -0.25) is 14.2 Å². The number of amides is 1. The Morgan fingerprint density at radius 1 is 1.03 bits per heavy atom. The predicted molar refractivity (Wildman–Crippen MR) is 132 cm³/mol. The molecule has 0 aliphatic heterocycles. The Labute approximate surface area is 203 Å². The summed E-state index contributed by atoms with van der Waals surface area (Å²) in [6, 6.07) is 21.3. The number of hydrogen-bond acceptors (Lipinski definition) is 6. The van der Waals surface area contributed by atoms with E-state index < -0.39 is 0 Å². The molecule has 3 aromatic carbocycles. The van der Waals surface area contributed by atoms with E-state index in [1.165, 1.54) is 18.7 Å². The van der Waals surface area contributed by atoms with Crippen LogP contribution < -0.4 is 5.32 Å². The minimum absolute atomic E-state index is 0.0315. The number of Topliss-reactive ketones (excluding diaryl/α,β-unsaturated/α-hetero) is 1. The van der Waals surface area contributed by atoms with Crippen molar-refractivity contribution >= 4 is 45.1 Å². The zero-order valence-corrected chi connectivity index (χ0v) is 19.9. The van der Waals surface area contributed by atoms with Crippen molar-refractivity contribution in [3.8, 4) is 22.8 Å². The fraction of sp³-hybridized carbons (Fsp3) is 0.0833. The summed E-state index contributed by atoms with van der Waals surface area (Å²) in [5, 5.41) is 22.3. The van der Waals surface area contributed by atoms with Crippen molar-refractivity contribution in [2.45, 2.75) is 12.1 Å². The molecule has 1 amide bonds.